The van der Waals surface area contributed by atoms with Gasteiger partial charge in [0.15, 0.2) is 0 Å². The Balaban J connectivity index is 0.000000677. The first kappa shape index (κ1) is 17.9. The summed E-state index contributed by atoms with van der Waals surface area (Å²) in [5.74, 6) is 5.58. The van der Waals surface area contributed by atoms with E-state index in [9.17, 15) is 13.2 Å². The minimum Gasteiger partial charge on any atom is -0.323 e. The largest absolute Gasteiger partial charge is 0.416 e. The molecule has 0 spiro atoms. The van der Waals surface area contributed by atoms with Gasteiger partial charge in [-0.2, -0.15) is 13.2 Å². The fourth-order valence-corrected chi connectivity index (χ4v) is 2.61. The smallest absolute Gasteiger partial charge is 0.323 e. The number of hydrogen-bond acceptors (Lipinski definition) is 3. The second-order valence-corrected chi connectivity index (χ2v) is 5.35. The molecule has 0 heterocycles. The van der Waals surface area contributed by atoms with Crippen molar-refractivity contribution in [2.24, 2.45) is 5.84 Å². The zero-order chi connectivity index (χ0) is 15.9. The second-order valence-electron chi connectivity index (χ2n) is 5.35. The summed E-state index contributed by atoms with van der Waals surface area (Å²) in [5, 5.41) is 2.75. The Labute approximate surface area is 124 Å². The standard InChI is InChI=1S/C13H17F3N2.C2H7N/c14-13(15,16)11-5-1-3-9(7-11)10-4-2-6-12(8-10)18-17;1-3-2/h1,3,5,7,10,12,18H,2,4,6,8,17H2;3H,1-2H3. The predicted molar refractivity (Wildman–Crippen MR) is 78.7 cm³/mol. The van der Waals surface area contributed by atoms with Crippen LogP contribution in [-0.2, 0) is 6.18 Å². The molecule has 2 rings (SSSR count). The summed E-state index contributed by atoms with van der Waals surface area (Å²) in [6.45, 7) is 0. The maximum absolute atomic E-state index is 12.6. The van der Waals surface area contributed by atoms with Crippen molar-refractivity contribution in [3.63, 3.8) is 0 Å². The molecule has 0 amide bonds. The Hall–Kier alpha value is -1.11. The summed E-state index contributed by atoms with van der Waals surface area (Å²) in [6, 6.07) is 5.85. The quantitative estimate of drug-likeness (QED) is 0.581. The van der Waals surface area contributed by atoms with E-state index in [-0.39, 0.29) is 12.0 Å². The van der Waals surface area contributed by atoms with Gasteiger partial charge in [0.05, 0.1) is 5.56 Å². The zero-order valence-corrected chi connectivity index (χ0v) is 12.5. The number of halogens is 3. The lowest BCUT2D eigenvalue weighted by Crippen LogP contribution is -2.38. The van der Waals surface area contributed by atoms with Crippen molar-refractivity contribution in [2.75, 3.05) is 14.1 Å². The summed E-state index contributed by atoms with van der Waals surface area (Å²) >= 11 is 0. The normalized spacial score (nSPS) is 22.4. The van der Waals surface area contributed by atoms with Crippen molar-refractivity contribution in [3.05, 3.63) is 35.4 Å². The zero-order valence-electron chi connectivity index (χ0n) is 12.5. The molecule has 0 saturated heterocycles. The molecule has 0 radical (unpaired) electrons. The Bertz CT molecular complexity index is 421. The number of benzene rings is 1. The van der Waals surface area contributed by atoms with Gasteiger partial charge in [0, 0.05) is 6.04 Å². The minimum absolute atomic E-state index is 0.169. The second kappa shape index (κ2) is 8.36. The van der Waals surface area contributed by atoms with E-state index >= 15 is 0 Å². The highest BCUT2D eigenvalue weighted by Crippen LogP contribution is 2.36. The fraction of sp³-hybridized carbons (Fsp3) is 0.600. The van der Waals surface area contributed by atoms with Gasteiger partial charge in [-0.15, -0.1) is 0 Å². The Morgan fingerprint density at radius 2 is 1.86 bits per heavy atom. The van der Waals surface area contributed by atoms with Crippen LogP contribution in [0.3, 0.4) is 0 Å². The van der Waals surface area contributed by atoms with Gasteiger partial charge in [-0.3, -0.25) is 11.3 Å². The van der Waals surface area contributed by atoms with Crippen molar-refractivity contribution in [1.29, 1.82) is 0 Å². The molecule has 1 aromatic carbocycles. The Kier molecular flexibility index (Phi) is 7.14. The number of nitrogens with two attached hydrogens (primary N) is 1. The predicted octanol–water partition coefficient (Wildman–Crippen LogP) is 3.03. The van der Waals surface area contributed by atoms with Crippen molar-refractivity contribution < 1.29 is 13.2 Å². The van der Waals surface area contributed by atoms with E-state index < -0.39 is 11.7 Å². The van der Waals surface area contributed by atoms with Gasteiger partial charge in [-0.1, -0.05) is 24.6 Å². The summed E-state index contributed by atoms with van der Waals surface area (Å²) in [7, 11) is 3.75. The Morgan fingerprint density at radius 3 is 2.43 bits per heavy atom. The van der Waals surface area contributed by atoms with Crippen molar-refractivity contribution in [1.82, 2.24) is 10.7 Å². The van der Waals surface area contributed by atoms with E-state index in [1.165, 1.54) is 12.1 Å². The fourth-order valence-electron chi connectivity index (χ4n) is 2.61. The molecule has 0 bridgehead atoms. The van der Waals surface area contributed by atoms with Crippen molar-refractivity contribution in [3.8, 4) is 0 Å². The van der Waals surface area contributed by atoms with Crippen LogP contribution in [0, 0.1) is 0 Å². The molecule has 0 aromatic heterocycles. The summed E-state index contributed by atoms with van der Waals surface area (Å²) in [5.41, 5.74) is 2.93. The summed E-state index contributed by atoms with van der Waals surface area (Å²) in [6.07, 6.45) is -0.546. The van der Waals surface area contributed by atoms with Gasteiger partial charge in [-0.05, 0) is 50.9 Å². The molecule has 0 aliphatic heterocycles. The van der Waals surface area contributed by atoms with Gasteiger partial charge in [0.25, 0.3) is 0 Å². The van der Waals surface area contributed by atoms with Crippen molar-refractivity contribution in [2.45, 2.75) is 43.8 Å². The lowest BCUT2D eigenvalue weighted by atomic mass is 9.81. The third-order valence-electron chi connectivity index (χ3n) is 3.60. The molecule has 120 valence electrons. The van der Waals surface area contributed by atoms with Crippen LogP contribution in [-0.4, -0.2) is 20.1 Å². The number of nitrogens with one attached hydrogen (secondary N) is 2. The summed E-state index contributed by atoms with van der Waals surface area (Å²) in [4.78, 5) is 0. The number of alkyl halides is 3. The molecule has 1 aliphatic carbocycles. The molecule has 2 unspecified atom stereocenters. The molecular weight excluding hydrogens is 279 g/mol. The molecular formula is C15H24F3N3. The maximum Gasteiger partial charge on any atom is 0.416 e. The van der Waals surface area contributed by atoms with Gasteiger partial charge in [0.2, 0.25) is 0 Å². The van der Waals surface area contributed by atoms with E-state index in [1.54, 1.807) is 6.07 Å². The molecule has 3 nitrogen and oxygen atoms in total. The van der Waals surface area contributed by atoms with Crippen LogP contribution in [0.2, 0.25) is 0 Å². The molecule has 1 fully saturated rings. The molecule has 1 aliphatic rings. The van der Waals surface area contributed by atoms with Gasteiger partial charge in [0.1, 0.15) is 0 Å². The third kappa shape index (κ3) is 5.65. The molecule has 21 heavy (non-hydrogen) atoms. The maximum atomic E-state index is 12.6. The topological polar surface area (TPSA) is 50.1 Å². The molecule has 1 saturated carbocycles. The average molecular weight is 303 g/mol. The van der Waals surface area contributed by atoms with E-state index in [4.69, 9.17) is 5.84 Å². The highest BCUT2D eigenvalue weighted by molar-refractivity contribution is 5.28. The lowest BCUT2D eigenvalue weighted by Gasteiger charge is -2.29. The molecule has 6 heteroatoms. The van der Waals surface area contributed by atoms with Gasteiger partial charge in [-0.25, -0.2) is 0 Å². The monoisotopic (exact) mass is 303 g/mol. The Morgan fingerprint density at radius 1 is 1.19 bits per heavy atom. The summed E-state index contributed by atoms with van der Waals surface area (Å²) < 4.78 is 37.9. The van der Waals surface area contributed by atoms with Crippen LogP contribution in [0.15, 0.2) is 24.3 Å². The first-order chi connectivity index (χ1) is 9.92. The third-order valence-corrected chi connectivity index (χ3v) is 3.60. The average Bonchev–Trinajstić information content (AvgIpc) is 2.47. The van der Waals surface area contributed by atoms with Crippen LogP contribution in [0.1, 0.15) is 42.7 Å². The van der Waals surface area contributed by atoms with Gasteiger partial charge >= 0.3 is 6.18 Å². The molecule has 1 aromatic rings. The van der Waals surface area contributed by atoms with E-state index in [2.05, 4.69) is 10.7 Å². The number of rotatable bonds is 2. The van der Waals surface area contributed by atoms with Crippen LogP contribution >= 0.6 is 0 Å². The van der Waals surface area contributed by atoms with Crippen LogP contribution < -0.4 is 16.6 Å². The first-order valence-electron chi connectivity index (χ1n) is 7.14. The van der Waals surface area contributed by atoms with E-state index in [0.717, 1.165) is 37.3 Å². The number of hydrogen-bond donors (Lipinski definition) is 3. The van der Waals surface area contributed by atoms with E-state index in [1.807, 2.05) is 14.1 Å². The first-order valence-corrected chi connectivity index (χ1v) is 7.14. The van der Waals surface area contributed by atoms with Crippen LogP contribution in [0.4, 0.5) is 13.2 Å². The highest BCUT2D eigenvalue weighted by Gasteiger charge is 2.31. The van der Waals surface area contributed by atoms with Crippen LogP contribution in [0.5, 0.6) is 0 Å². The SMILES string of the molecule is CNC.NNC1CCCC(c2cccc(C(F)(F)F)c2)C1. The minimum atomic E-state index is -4.27. The van der Waals surface area contributed by atoms with Crippen molar-refractivity contribution >= 4 is 0 Å². The molecule has 4 N–H and O–H groups in total. The van der Waals surface area contributed by atoms with Gasteiger partial charge < -0.3 is 5.32 Å². The van der Waals surface area contributed by atoms with E-state index in [0.29, 0.717) is 0 Å². The highest BCUT2D eigenvalue weighted by atomic mass is 19.4. The van der Waals surface area contributed by atoms with Crippen LogP contribution in [0.25, 0.3) is 0 Å². The number of hydrazine groups is 1. The lowest BCUT2D eigenvalue weighted by molar-refractivity contribution is -0.137. The molecule has 2 atom stereocenters.